The second kappa shape index (κ2) is 8.41. The second-order valence-electron chi connectivity index (χ2n) is 5.49. The number of amides is 1. The van der Waals surface area contributed by atoms with Gasteiger partial charge in [-0.05, 0) is 24.8 Å². The average molecular weight is 305 g/mol. The molecule has 1 aliphatic heterocycles. The van der Waals surface area contributed by atoms with Crippen molar-refractivity contribution in [1.82, 2.24) is 4.90 Å². The van der Waals surface area contributed by atoms with Gasteiger partial charge >= 0.3 is 12.1 Å². The van der Waals surface area contributed by atoms with Crippen molar-refractivity contribution in [3.63, 3.8) is 0 Å². The fourth-order valence-corrected chi connectivity index (χ4v) is 2.47. The first-order valence-electron chi connectivity index (χ1n) is 7.83. The molecule has 0 N–H and O–H groups in total. The molecule has 1 aliphatic rings. The summed E-state index contributed by atoms with van der Waals surface area (Å²) in [5, 5.41) is 0. The summed E-state index contributed by atoms with van der Waals surface area (Å²) in [5.74, 6) is -0.438. The van der Waals surface area contributed by atoms with Crippen molar-refractivity contribution in [2.45, 2.75) is 32.8 Å². The molecule has 1 aromatic carbocycles. The van der Waals surface area contributed by atoms with Gasteiger partial charge in [-0.3, -0.25) is 4.79 Å². The van der Waals surface area contributed by atoms with Crippen LogP contribution in [0.1, 0.15) is 31.7 Å². The van der Waals surface area contributed by atoms with Crippen molar-refractivity contribution in [3.8, 4) is 0 Å². The van der Waals surface area contributed by atoms with E-state index in [2.05, 4.69) is 0 Å². The van der Waals surface area contributed by atoms with E-state index in [0.717, 1.165) is 24.8 Å². The largest absolute Gasteiger partial charge is 0.465 e. The van der Waals surface area contributed by atoms with Gasteiger partial charge < -0.3 is 14.4 Å². The van der Waals surface area contributed by atoms with Crippen LogP contribution in [0.4, 0.5) is 4.79 Å². The fourth-order valence-electron chi connectivity index (χ4n) is 2.47. The first-order valence-corrected chi connectivity index (χ1v) is 7.83. The molecule has 0 aliphatic carbocycles. The van der Waals surface area contributed by atoms with Gasteiger partial charge in [-0.1, -0.05) is 37.3 Å². The molecule has 1 heterocycles. The van der Waals surface area contributed by atoms with Gasteiger partial charge in [0.2, 0.25) is 0 Å². The van der Waals surface area contributed by atoms with E-state index in [0.29, 0.717) is 19.7 Å². The van der Waals surface area contributed by atoms with Crippen LogP contribution in [0.2, 0.25) is 0 Å². The molecule has 2 rings (SSSR count). The first kappa shape index (κ1) is 16.3. The van der Waals surface area contributed by atoms with Crippen molar-refractivity contribution in [2.24, 2.45) is 5.92 Å². The molecule has 5 nitrogen and oxygen atoms in total. The zero-order valence-electron chi connectivity index (χ0n) is 13.0. The van der Waals surface area contributed by atoms with Crippen molar-refractivity contribution < 1.29 is 19.1 Å². The van der Waals surface area contributed by atoms with Crippen LogP contribution in [0, 0.1) is 5.92 Å². The fraction of sp³-hybridized carbons (Fsp3) is 0.529. The van der Waals surface area contributed by atoms with E-state index in [4.69, 9.17) is 9.47 Å². The molecule has 5 heteroatoms. The molecule has 1 saturated heterocycles. The number of ether oxygens (including phenoxy) is 2. The molecule has 0 aromatic heterocycles. The minimum Gasteiger partial charge on any atom is -0.465 e. The molecule has 1 amide bonds. The molecule has 0 bridgehead atoms. The van der Waals surface area contributed by atoms with E-state index in [9.17, 15) is 9.59 Å². The maximum Gasteiger partial charge on any atom is 0.410 e. The summed E-state index contributed by atoms with van der Waals surface area (Å²) in [7, 11) is 0. The number of nitrogens with zero attached hydrogens (tertiary/aromatic N) is 1. The minimum absolute atomic E-state index is 0.206. The monoisotopic (exact) mass is 305 g/mol. The van der Waals surface area contributed by atoms with Crippen molar-refractivity contribution in [3.05, 3.63) is 35.9 Å². The van der Waals surface area contributed by atoms with E-state index >= 15 is 0 Å². The van der Waals surface area contributed by atoms with E-state index < -0.39 is 0 Å². The number of rotatable bonds is 5. The van der Waals surface area contributed by atoms with Crippen LogP contribution < -0.4 is 0 Å². The quantitative estimate of drug-likeness (QED) is 0.785. The Morgan fingerprint density at radius 1 is 1.23 bits per heavy atom. The molecule has 120 valence electrons. The van der Waals surface area contributed by atoms with Crippen LogP contribution in [0.3, 0.4) is 0 Å². The van der Waals surface area contributed by atoms with E-state index in [-0.39, 0.29) is 24.6 Å². The molecule has 1 fully saturated rings. The molecule has 1 atom stereocenters. The predicted octanol–water partition coefficient (Wildman–Crippen LogP) is 2.99. The summed E-state index contributed by atoms with van der Waals surface area (Å²) < 4.78 is 10.5. The van der Waals surface area contributed by atoms with Gasteiger partial charge in [-0.25, -0.2) is 4.79 Å². The molecule has 0 spiro atoms. The number of carbonyl (C=O) groups excluding carboxylic acids is 2. The predicted molar refractivity (Wildman–Crippen MR) is 82.2 cm³/mol. The van der Waals surface area contributed by atoms with Crippen molar-refractivity contribution in [2.75, 3.05) is 19.7 Å². The zero-order valence-corrected chi connectivity index (χ0v) is 13.0. The molecule has 0 radical (unpaired) electrons. The zero-order chi connectivity index (χ0) is 15.8. The van der Waals surface area contributed by atoms with Gasteiger partial charge in [-0.15, -0.1) is 0 Å². The van der Waals surface area contributed by atoms with Gasteiger partial charge in [-0.2, -0.15) is 0 Å². The number of carbonyl (C=O) groups is 2. The van der Waals surface area contributed by atoms with Gasteiger partial charge in [0, 0.05) is 13.1 Å². The average Bonchev–Trinajstić information content (AvgIpc) is 2.58. The number of likely N-dealkylation sites (tertiary alicyclic amines) is 1. The molecule has 22 heavy (non-hydrogen) atoms. The van der Waals surface area contributed by atoms with Gasteiger partial charge in [0.25, 0.3) is 0 Å². The standard InChI is InChI=1S/C17H23NO4/c1-2-11-21-16(19)15-9-6-10-18(12-15)17(20)22-13-14-7-4-3-5-8-14/h3-5,7-8,15H,2,6,9-13H2,1H3. The normalized spacial score (nSPS) is 17.9. The number of hydrogen-bond acceptors (Lipinski definition) is 4. The summed E-state index contributed by atoms with van der Waals surface area (Å²) in [6, 6.07) is 9.55. The Labute approximate surface area is 131 Å². The number of benzene rings is 1. The Kier molecular flexibility index (Phi) is 6.25. The van der Waals surface area contributed by atoms with Crippen LogP contribution in [0.5, 0.6) is 0 Å². The third-order valence-electron chi connectivity index (χ3n) is 3.67. The van der Waals surface area contributed by atoms with Crippen LogP contribution >= 0.6 is 0 Å². The van der Waals surface area contributed by atoms with Crippen LogP contribution in [0.25, 0.3) is 0 Å². The summed E-state index contributed by atoms with van der Waals surface area (Å²) in [6.07, 6.45) is 2.01. The third kappa shape index (κ3) is 4.76. The Morgan fingerprint density at radius 2 is 2.00 bits per heavy atom. The highest BCUT2D eigenvalue weighted by Gasteiger charge is 2.30. The number of esters is 1. The topological polar surface area (TPSA) is 55.8 Å². The lowest BCUT2D eigenvalue weighted by Gasteiger charge is -2.30. The smallest absolute Gasteiger partial charge is 0.410 e. The van der Waals surface area contributed by atoms with Crippen molar-refractivity contribution >= 4 is 12.1 Å². The van der Waals surface area contributed by atoms with Gasteiger partial charge in [0.05, 0.1) is 12.5 Å². The van der Waals surface area contributed by atoms with E-state index in [1.165, 1.54) is 0 Å². The highest BCUT2D eigenvalue weighted by Crippen LogP contribution is 2.19. The Balaban J connectivity index is 1.81. The lowest BCUT2D eigenvalue weighted by atomic mass is 9.99. The minimum atomic E-state index is -0.364. The van der Waals surface area contributed by atoms with E-state index in [1.807, 2.05) is 37.3 Å². The molecular weight excluding hydrogens is 282 g/mol. The summed E-state index contributed by atoms with van der Waals surface area (Å²) >= 11 is 0. The highest BCUT2D eigenvalue weighted by molar-refractivity contribution is 5.74. The van der Waals surface area contributed by atoms with Crippen LogP contribution in [-0.4, -0.2) is 36.7 Å². The first-order chi connectivity index (χ1) is 10.7. The lowest BCUT2D eigenvalue weighted by molar-refractivity contribution is -0.150. The molecule has 1 unspecified atom stereocenters. The molecule has 0 saturated carbocycles. The van der Waals surface area contributed by atoms with Crippen LogP contribution in [0.15, 0.2) is 30.3 Å². The summed E-state index contributed by atoms with van der Waals surface area (Å²) in [5.41, 5.74) is 0.951. The second-order valence-corrected chi connectivity index (χ2v) is 5.49. The maximum atomic E-state index is 12.1. The molecular formula is C17H23NO4. The number of hydrogen-bond donors (Lipinski definition) is 0. The Hall–Kier alpha value is -2.04. The van der Waals surface area contributed by atoms with Gasteiger partial charge in [0.15, 0.2) is 0 Å². The third-order valence-corrected chi connectivity index (χ3v) is 3.67. The maximum absolute atomic E-state index is 12.1. The highest BCUT2D eigenvalue weighted by atomic mass is 16.6. The summed E-state index contributed by atoms with van der Waals surface area (Å²) in [6.45, 7) is 3.66. The van der Waals surface area contributed by atoms with E-state index in [1.54, 1.807) is 4.90 Å². The summed E-state index contributed by atoms with van der Waals surface area (Å²) in [4.78, 5) is 25.6. The number of piperidine rings is 1. The lowest BCUT2D eigenvalue weighted by Crippen LogP contribution is -2.43. The van der Waals surface area contributed by atoms with Crippen molar-refractivity contribution in [1.29, 1.82) is 0 Å². The molecule has 1 aromatic rings. The SMILES string of the molecule is CCCOC(=O)C1CCCN(C(=O)OCc2ccccc2)C1. The van der Waals surface area contributed by atoms with Gasteiger partial charge in [0.1, 0.15) is 6.61 Å². The Bertz CT molecular complexity index is 489. The van der Waals surface area contributed by atoms with Crippen LogP contribution in [-0.2, 0) is 20.9 Å². The Morgan fingerprint density at radius 3 is 2.73 bits per heavy atom.